The van der Waals surface area contributed by atoms with Crippen LogP contribution in [0.3, 0.4) is 0 Å². The third-order valence-electron chi connectivity index (χ3n) is 5.84. The number of hydrogen-bond acceptors (Lipinski definition) is 4. The molecular weight excluding hydrogens is 328 g/mol. The lowest BCUT2D eigenvalue weighted by Crippen LogP contribution is -2.46. The second-order valence-electron chi connectivity index (χ2n) is 7.74. The van der Waals surface area contributed by atoms with Crippen molar-refractivity contribution in [1.29, 1.82) is 0 Å². The molecule has 0 radical (unpaired) electrons. The van der Waals surface area contributed by atoms with E-state index in [0.29, 0.717) is 23.9 Å². The van der Waals surface area contributed by atoms with Crippen LogP contribution in [0.15, 0.2) is 40.8 Å². The Hall–Kier alpha value is -2.27. The van der Waals surface area contributed by atoms with Gasteiger partial charge in [0.25, 0.3) is 5.91 Å². The number of nitrogens with zero attached hydrogens (tertiary/aromatic N) is 1. The maximum atomic E-state index is 13.2. The Labute approximate surface area is 153 Å². The molecule has 4 atom stereocenters. The summed E-state index contributed by atoms with van der Waals surface area (Å²) >= 11 is 0. The smallest absolute Gasteiger partial charge is 0.258 e. The number of amides is 1. The quantitative estimate of drug-likeness (QED) is 0.898. The minimum Gasteiger partial charge on any atom is -0.462 e. The normalized spacial score (nSPS) is 30.2. The van der Waals surface area contributed by atoms with Crippen LogP contribution < -0.4 is 5.32 Å². The van der Waals surface area contributed by atoms with E-state index < -0.39 is 0 Å². The van der Waals surface area contributed by atoms with Gasteiger partial charge in [0, 0.05) is 24.8 Å². The number of carbonyl (C=O) groups excluding carboxylic acids is 1. The van der Waals surface area contributed by atoms with Crippen molar-refractivity contribution in [2.45, 2.75) is 44.4 Å². The van der Waals surface area contributed by atoms with E-state index in [4.69, 9.17) is 9.15 Å². The van der Waals surface area contributed by atoms with Crippen molar-refractivity contribution in [3.05, 3.63) is 53.5 Å². The van der Waals surface area contributed by atoms with E-state index in [9.17, 15) is 4.79 Å². The van der Waals surface area contributed by atoms with Crippen molar-refractivity contribution in [3.63, 3.8) is 0 Å². The van der Waals surface area contributed by atoms with Gasteiger partial charge in [0.2, 0.25) is 0 Å². The molecule has 1 aromatic carbocycles. The molecule has 1 amide bonds. The lowest BCUT2D eigenvalue weighted by molar-refractivity contribution is 0.0401. The van der Waals surface area contributed by atoms with Crippen molar-refractivity contribution in [3.8, 4) is 0 Å². The van der Waals surface area contributed by atoms with Crippen LogP contribution in [0.5, 0.6) is 0 Å². The molecule has 1 aliphatic carbocycles. The summed E-state index contributed by atoms with van der Waals surface area (Å²) in [6, 6.07) is 11.8. The number of carbonyl (C=O) groups is 1. The molecule has 1 N–H and O–H groups in total. The van der Waals surface area contributed by atoms with Crippen LogP contribution in [0.4, 0.5) is 5.69 Å². The van der Waals surface area contributed by atoms with Gasteiger partial charge in [0.05, 0.1) is 11.7 Å². The monoisotopic (exact) mass is 352 g/mol. The van der Waals surface area contributed by atoms with Crippen molar-refractivity contribution in [2.75, 3.05) is 18.5 Å². The number of furan rings is 1. The number of benzene rings is 1. The largest absolute Gasteiger partial charge is 0.462 e. The Morgan fingerprint density at radius 3 is 2.77 bits per heavy atom. The summed E-state index contributed by atoms with van der Waals surface area (Å²) in [5, 5.41) is 3.51. The zero-order chi connectivity index (χ0) is 17.7. The zero-order valence-electron chi connectivity index (χ0n) is 15.0. The summed E-state index contributed by atoms with van der Waals surface area (Å²) in [6.07, 6.45) is 3.06. The van der Waals surface area contributed by atoms with Gasteiger partial charge in [-0.1, -0.05) is 19.1 Å². The predicted molar refractivity (Wildman–Crippen MR) is 98.0 cm³/mol. The van der Waals surface area contributed by atoms with Crippen LogP contribution in [0.2, 0.25) is 0 Å². The molecule has 5 heteroatoms. The minimum atomic E-state index is -0.288. The van der Waals surface area contributed by atoms with E-state index in [-0.39, 0.29) is 18.2 Å². The molecule has 4 unspecified atom stereocenters. The van der Waals surface area contributed by atoms with Gasteiger partial charge in [-0.25, -0.2) is 0 Å². The van der Waals surface area contributed by atoms with Gasteiger partial charge in [-0.15, -0.1) is 0 Å². The Morgan fingerprint density at radius 2 is 2.00 bits per heavy atom. The molecule has 1 saturated heterocycles. The minimum absolute atomic E-state index is 0.0394. The van der Waals surface area contributed by atoms with Gasteiger partial charge in [0.1, 0.15) is 11.5 Å². The standard InChI is InChI=1S/C21H24N2O3/c1-13-11-16(13)18-8-9-19(26-18)20-22-17-7-3-2-6-15(17)21(24)23(20)12-14-5-4-10-25-14/h2-3,6-9,13-14,16,20,22H,4-5,10-12H2,1H3. The highest BCUT2D eigenvalue weighted by Gasteiger charge is 2.40. The summed E-state index contributed by atoms with van der Waals surface area (Å²) in [4.78, 5) is 15.1. The molecule has 5 nitrogen and oxygen atoms in total. The topological polar surface area (TPSA) is 54.7 Å². The molecular formula is C21H24N2O3. The highest BCUT2D eigenvalue weighted by atomic mass is 16.5. The number of nitrogens with one attached hydrogen (secondary N) is 1. The van der Waals surface area contributed by atoms with Gasteiger partial charge in [-0.05, 0) is 49.4 Å². The van der Waals surface area contributed by atoms with E-state index in [1.54, 1.807) is 0 Å². The predicted octanol–water partition coefficient (Wildman–Crippen LogP) is 4.15. The summed E-state index contributed by atoms with van der Waals surface area (Å²) in [6.45, 7) is 3.61. The fourth-order valence-corrected chi connectivity index (χ4v) is 4.15. The maximum absolute atomic E-state index is 13.2. The first-order valence-electron chi connectivity index (χ1n) is 9.58. The lowest BCUT2D eigenvalue weighted by Gasteiger charge is -2.37. The van der Waals surface area contributed by atoms with Gasteiger partial charge < -0.3 is 19.4 Å². The Bertz CT molecular complexity index is 824. The summed E-state index contributed by atoms with van der Waals surface area (Å²) < 4.78 is 12.0. The first kappa shape index (κ1) is 15.9. The number of hydrogen-bond donors (Lipinski definition) is 1. The van der Waals surface area contributed by atoms with E-state index in [1.165, 1.54) is 6.42 Å². The molecule has 1 saturated carbocycles. The maximum Gasteiger partial charge on any atom is 0.258 e. The van der Waals surface area contributed by atoms with Crippen LogP contribution in [0.1, 0.15) is 60.1 Å². The zero-order valence-corrected chi connectivity index (χ0v) is 15.0. The van der Waals surface area contributed by atoms with Gasteiger partial charge in [-0.2, -0.15) is 0 Å². The van der Waals surface area contributed by atoms with Crippen molar-refractivity contribution in [1.82, 2.24) is 4.90 Å². The summed E-state index contributed by atoms with van der Waals surface area (Å²) in [5.74, 6) is 3.11. The average molecular weight is 352 g/mol. The van der Waals surface area contributed by atoms with Crippen LogP contribution in [0, 0.1) is 5.92 Å². The Balaban J connectivity index is 1.47. The molecule has 26 heavy (non-hydrogen) atoms. The van der Waals surface area contributed by atoms with Crippen molar-refractivity contribution >= 4 is 11.6 Å². The number of rotatable bonds is 4. The number of ether oxygens (including phenoxy) is 1. The molecule has 3 heterocycles. The highest BCUT2D eigenvalue weighted by Crippen LogP contribution is 2.48. The van der Waals surface area contributed by atoms with Gasteiger partial charge >= 0.3 is 0 Å². The SMILES string of the molecule is CC1CC1c1ccc(C2Nc3ccccc3C(=O)N2CC2CCCO2)o1. The molecule has 0 bridgehead atoms. The van der Waals surface area contributed by atoms with E-state index in [2.05, 4.69) is 18.3 Å². The fraction of sp³-hybridized carbons (Fsp3) is 0.476. The lowest BCUT2D eigenvalue weighted by atomic mass is 10.1. The van der Waals surface area contributed by atoms with E-state index in [0.717, 1.165) is 36.7 Å². The Kier molecular flexibility index (Phi) is 3.78. The first-order chi connectivity index (χ1) is 12.7. The molecule has 2 fully saturated rings. The summed E-state index contributed by atoms with van der Waals surface area (Å²) in [5.41, 5.74) is 1.58. The first-order valence-corrected chi connectivity index (χ1v) is 9.58. The molecule has 5 rings (SSSR count). The van der Waals surface area contributed by atoms with Crippen LogP contribution in [0.25, 0.3) is 0 Å². The number of anilines is 1. The molecule has 3 aliphatic rings. The van der Waals surface area contributed by atoms with Crippen LogP contribution >= 0.6 is 0 Å². The van der Waals surface area contributed by atoms with Crippen molar-refractivity contribution < 1.29 is 13.9 Å². The van der Waals surface area contributed by atoms with E-state index >= 15 is 0 Å². The van der Waals surface area contributed by atoms with Crippen LogP contribution in [-0.2, 0) is 4.74 Å². The molecule has 2 aliphatic heterocycles. The van der Waals surface area contributed by atoms with Crippen molar-refractivity contribution in [2.24, 2.45) is 5.92 Å². The van der Waals surface area contributed by atoms with E-state index in [1.807, 2.05) is 35.2 Å². The second-order valence-corrected chi connectivity index (χ2v) is 7.74. The third-order valence-corrected chi connectivity index (χ3v) is 5.84. The number of fused-ring (bicyclic) bond motifs is 1. The Morgan fingerprint density at radius 1 is 1.19 bits per heavy atom. The fourth-order valence-electron chi connectivity index (χ4n) is 4.15. The number of para-hydroxylation sites is 1. The molecule has 2 aromatic rings. The molecule has 136 valence electrons. The van der Waals surface area contributed by atoms with Gasteiger partial charge in [0.15, 0.2) is 6.17 Å². The second kappa shape index (κ2) is 6.16. The third kappa shape index (κ3) is 2.71. The molecule has 0 spiro atoms. The highest BCUT2D eigenvalue weighted by molar-refractivity contribution is 6.01. The molecule has 1 aromatic heterocycles. The summed E-state index contributed by atoms with van der Waals surface area (Å²) in [7, 11) is 0. The average Bonchev–Trinajstić information content (AvgIpc) is 3.08. The van der Waals surface area contributed by atoms with Gasteiger partial charge in [-0.3, -0.25) is 4.79 Å². The van der Waals surface area contributed by atoms with Crippen LogP contribution in [-0.4, -0.2) is 30.1 Å².